The number of benzene rings is 3. The number of carbonyl (C=O) groups excluding carboxylic acids is 3. The topological polar surface area (TPSA) is 132 Å². The van der Waals surface area contributed by atoms with Crippen molar-refractivity contribution in [1.29, 1.82) is 0 Å². The summed E-state index contributed by atoms with van der Waals surface area (Å²) in [6.07, 6.45) is 2.89. The first-order valence-corrected chi connectivity index (χ1v) is 16.8. The van der Waals surface area contributed by atoms with Crippen molar-refractivity contribution in [2.45, 2.75) is 25.3 Å². The summed E-state index contributed by atoms with van der Waals surface area (Å²) in [4.78, 5) is 47.0. The number of hydrogen-bond donors (Lipinski definition) is 2. The van der Waals surface area contributed by atoms with Crippen LogP contribution in [-0.2, 0) is 19.1 Å². The number of likely N-dealkylation sites (tertiary alicyclic amines) is 1. The highest BCUT2D eigenvalue weighted by atomic mass is 19.1. The lowest BCUT2D eigenvalue weighted by molar-refractivity contribution is -0.150. The van der Waals surface area contributed by atoms with Crippen LogP contribution >= 0.6 is 0 Å². The highest BCUT2D eigenvalue weighted by Crippen LogP contribution is 2.43. The second-order valence-electron chi connectivity index (χ2n) is 12.8. The minimum absolute atomic E-state index is 0.0352. The van der Waals surface area contributed by atoms with Crippen LogP contribution in [-0.4, -0.2) is 91.7 Å². The van der Waals surface area contributed by atoms with Gasteiger partial charge in [-0.3, -0.25) is 24.3 Å². The summed E-state index contributed by atoms with van der Waals surface area (Å²) in [7, 11) is 1.52. The van der Waals surface area contributed by atoms with E-state index in [9.17, 15) is 18.8 Å². The average Bonchev–Trinajstić information content (AvgIpc) is 3.08. The Morgan fingerprint density at radius 1 is 0.941 bits per heavy atom. The molecule has 0 radical (unpaired) electrons. The van der Waals surface area contributed by atoms with Gasteiger partial charge in [0.05, 0.1) is 25.3 Å². The molecular formula is C37H37F2N5O7. The molecule has 12 nitrogen and oxygen atoms in total. The van der Waals surface area contributed by atoms with Crippen molar-refractivity contribution < 1.29 is 42.1 Å². The number of anilines is 2. The lowest BCUT2D eigenvalue weighted by Gasteiger charge is -2.46. The molecule has 1 aliphatic carbocycles. The highest BCUT2D eigenvalue weighted by Gasteiger charge is 2.51. The Bertz CT molecular complexity index is 1950. The zero-order valence-electron chi connectivity index (χ0n) is 28.0. The molecular weight excluding hydrogens is 664 g/mol. The molecule has 3 aliphatic rings. The first-order chi connectivity index (χ1) is 24.7. The summed E-state index contributed by atoms with van der Waals surface area (Å²) in [5, 5.41) is 5.93. The van der Waals surface area contributed by atoms with Crippen molar-refractivity contribution in [3.63, 3.8) is 0 Å². The lowest BCUT2D eigenvalue weighted by atomic mass is 9.67. The zero-order chi connectivity index (χ0) is 35.5. The van der Waals surface area contributed by atoms with Crippen molar-refractivity contribution in [3.8, 4) is 23.0 Å². The van der Waals surface area contributed by atoms with Crippen LogP contribution in [0.1, 0.15) is 19.3 Å². The smallest absolute Gasteiger partial charge is 0.248 e. The van der Waals surface area contributed by atoms with Crippen LogP contribution in [0.5, 0.6) is 23.0 Å². The van der Waals surface area contributed by atoms with Crippen molar-refractivity contribution in [3.05, 3.63) is 78.5 Å². The van der Waals surface area contributed by atoms with Crippen LogP contribution in [0.15, 0.2) is 66.9 Å². The molecule has 1 aromatic heterocycles. The SMILES string of the molecule is COc1cc2c(Oc3ccc(NC(=O)C4(C(=O)Nc5ccc(F)cc5)CCC4)cc3F)ccnc2cc1OCCN1CC(N2CCOCC2=O)C1. The summed E-state index contributed by atoms with van der Waals surface area (Å²) in [5.41, 5.74) is -0.233. The van der Waals surface area contributed by atoms with Crippen LogP contribution in [0, 0.1) is 17.0 Å². The number of rotatable bonds is 12. The minimum atomic E-state index is -1.32. The number of hydrogen-bond acceptors (Lipinski definition) is 9. The van der Waals surface area contributed by atoms with Crippen LogP contribution < -0.4 is 24.8 Å². The van der Waals surface area contributed by atoms with E-state index in [2.05, 4.69) is 20.5 Å². The number of pyridine rings is 1. The van der Waals surface area contributed by atoms with Gasteiger partial charge in [-0.15, -0.1) is 0 Å². The number of carbonyl (C=O) groups is 3. The third-order valence-corrected chi connectivity index (χ3v) is 9.64. The van der Waals surface area contributed by atoms with E-state index in [0.717, 1.165) is 19.2 Å². The third kappa shape index (κ3) is 7.14. The fourth-order valence-electron chi connectivity index (χ4n) is 6.52. The summed E-state index contributed by atoms with van der Waals surface area (Å²) in [5.74, 6) is -0.991. The molecule has 14 heteroatoms. The van der Waals surface area contributed by atoms with E-state index >= 15 is 4.39 Å². The van der Waals surface area contributed by atoms with E-state index in [-0.39, 0.29) is 30.0 Å². The van der Waals surface area contributed by atoms with Gasteiger partial charge in [0, 0.05) is 61.3 Å². The van der Waals surface area contributed by atoms with E-state index < -0.39 is 28.9 Å². The maximum Gasteiger partial charge on any atom is 0.248 e. The van der Waals surface area contributed by atoms with E-state index in [1.807, 2.05) is 4.90 Å². The maximum atomic E-state index is 15.4. The van der Waals surface area contributed by atoms with Gasteiger partial charge in [0.15, 0.2) is 23.1 Å². The van der Waals surface area contributed by atoms with Crippen LogP contribution in [0.25, 0.3) is 10.9 Å². The largest absolute Gasteiger partial charge is 0.493 e. The number of nitrogens with zero attached hydrogens (tertiary/aromatic N) is 3. The van der Waals surface area contributed by atoms with E-state index in [4.69, 9.17) is 18.9 Å². The van der Waals surface area contributed by atoms with Crippen molar-refractivity contribution >= 4 is 40.0 Å². The van der Waals surface area contributed by atoms with Gasteiger partial charge in [-0.2, -0.15) is 0 Å². The van der Waals surface area contributed by atoms with E-state index in [1.54, 1.807) is 24.4 Å². The van der Waals surface area contributed by atoms with Gasteiger partial charge in [-0.1, -0.05) is 6.42 Å². The molecule has 2 saturated heterocycles. The van der Waals surface area contributed by atoms with Gasteiger partial charge in [-0.05, 0) is 61.4 Å². The molecule has 0 spiro atoms. The Hall–Kier alpha value is -5.34. The van der Waals surface area contributed by atoms with Crippen LogP contribution in [0.4, 0.5) is 20.2 Å². The van der Waals surface area contributed by atoms with Gasteiger partial charge < -0.3 is 34.5 Å². The maximum absolute atomic E-state index is 15.4. The molecule has 1 saturated carbocycles. The number of nitrogens with one attached hydrogen (secondary N) is 2. The predicted octanol–water partition coefficient (Wildman–Crippen LogP) is 4.98. The summed E-state index contributed by atoms with van der Waals surface area (Å²) < 4.78 is 51.5. The number of morpholine rings is 1. The number of aromatic nitrogens is 1. The average molecular weight is 702 g/mol. The molecule has 4 aromatic rings. The number of halogens is 2. The highest BCUT2D eigenvalue weighted by molar-refractivity contribution is 6.15. The molecule has 0 unspecified atom stereocenters. The molecule has 3 aromatic carbocycles. The van der Waals surface area contributed by atoms with Gasteiger partial charge in [0.25, 0.3) is 0 Å². The zero-order valence-corrected chi connectivity index (χ0v) is 28.0. The van der Waals surface area contributed by atoms with Crippen LogP contribution in [0.3, 0.4) is 0 Å². The molecule has 0 bridgehead atoms. The predicted molar refractivity (Wildman–Crippen MR) is 183 cm³/mol. The molecule has 2 N–H and O–H groups in total. The Balaban J connectivity index is 0.976. The lowest BCUT2D eigenvalue weighted by Crippen LogP contribution is -2.63. The Morgan fingerprint density at radius 3 is 2.37 bits per heavy atom. The number of methoxy groups -OCH3 is 1. The van der Waals surface area contributed by atoms with Crippen molar-refractivity contribution in [2.75, 3.05) is 63.7 Å². The van der Waals surface area contributed by atoms with Crippen molar-refractivity contribution in [2.24, 2.45) is 5.41 Å². The van der Waals surface area contributed by atoms with Gasteiger partial charge in [0.2, 0.25) is 17.7 Å². The van der Waals surface area contributed by atoms with Crippen molar-refractivity contribution in [1.82, 2.24) is 14.8 Å². The molecule has 3 fully saturated rings. The summed E-state index contributed by atoms with van der Waals surface area (Å²) in [6.45, 7) is 3.98. The number of fused-ring (bicyclic) bond motifs is 1. The Morgan fingerprint density at radius 2 is 1.69 bits per heavy atom. The molecule has 51 heavy (non-hydrogen) atoms. The Kier molecular flexibility index (Phi) is 9.69. The molecule has 7 rings (SSSR count). The summed E-state index contributed by atoms with van der Waals surface area (Å²) in [6, 6.07) is 14.6. The molecule has 3 amide bonds. The second kappa shape index (κ2) is 14.5. The molecule has 0 atom stereocenters. The van der Waals surface area contributed by atoms with Gasteiger partial charge in [-0.25, -0.2) is 8.78 Å². The fraction of sp³-hybridized carbons (Fsp3) is 0.351. The monoisotopic (exact) mass is 701 g/mol. The minimum Gasteiger partial charge on any atom is -0.493 e. The first kappa shape index (κ1) is 34.1. The van der Waals surface area contributed by atoms with Gasteiger partial charge in [0.1, 0.15) is 30.2 Å². The molecule has 3 heterocycles. The van der Waals surface area contributed by atoms with Crippen LogP contribution in [0.2, 0.25) is 0 Å². The third-order valence-electron chi connectivity index (χ3n) is 9.64. The quantitative estimate of drug-likeness (QED) is 0.196. The van der Waals surface area contributed by atoms with E-state index in [1.165, 1.54) is 43.5 Å². The molecule has 266 valence electrons. The first-order valence-electron chi connectivity index (χ1n) is 16.8. The van der Waals surface area contributed by atoms with E-state index in [0.29, 0.717) is 79.4 Å². The Labute approximate surface area is 292 Å². The number of ether oxygens (including phenoxy) is 4. The molecule has 2 aliphatic heterocycles. The van der Waals surface area contributed by atoms with Gasteiger partial charge >= 0.3 is 0 Å². The fourth-order valence-corrected chi connectivity index (χ4v) is 6.52. The second-order valence-corrected chi connectivity index (χ2v) is 12.8. The standard InChI is InChI=1S/C37H37F2N5O7/c1-48-32-18-27-29(19-33(32)50-16-13-43-20-26(21-43)44-14-15-49-22-34(44)45)40-12-9-30(27)51-31-8-7-25(17-28(31)39)42-36(47)37(10-2-11-37)35(46)41-24-5-3-23(38)4-6-24/h3-9,12,17-19,26H,2,10-11,13-16,20-22H2,1H3,(H,41,46)(H,42,47). The summed E-state index contributed by atoms with van der Waals surface area (Å²) >= 11 is 0. The normalized spacial score (nSPS) is 17.3. The number of amides is 3.